The minimum absolute atomic E-state index is 0.186. The van der Waals surface area contributed by atoms with Gasteiger partial charge in [0.25, 0.3) is 0 Å². The summed E-state index contributed by atoms with van der Waals surface area (Å²) >= 11 is 0. The number of hydrogen-bond donors (Lipinski definition) is 0. The summed E-state index contributed by atoms with van der Waals surface area (Å²) in [5, 5.41) is 9.02. The van der Waals surface area contributed by atoms with Gasteiger partial charge in [0.05, 0.1) is 12.7 Å². The number of ether oxygens (including phenoxy) is 5. The van der Waals surface area contributed by atoms with Crippen LogP contribution in [-0.2, 0) is 23.7 Å². The summed E-state index contributed by atoms with van der Waals surface area (Å²) in [6.07, 6.45) is 8.33. The fourth-order valence-corrected chi connectivity index (χ4v) is 4.38. The van der Waals surface area contributed by atoms with E-state index in [9.17, 15) is 0 Å². The number of methoxy groups -OCH3 is 4. The number of allylic oxidation sites excluding steroid dienone is 2. The highest BCUT2D eigenvalue weighted by Crippen LogP contribution is 2.42. The van der Waals surface area contributed by atoms with E-state index in [4.69, 9.17) is 28.9 Å². The first kappa shape index (κ1) is 26.8. The molecule has 0 amide bonds. The third kappa shape index (κ3) is 6.15. The lowest BCUT2D eigenvalue weighted by Crippen LogP contribution is -2.56. The van der Waals surface area contributed by atoms with Crippen molar-refractivity contribution in [1.29, 1.82) is 5.26 Å². The molecule has 1 aliphatic rings. The van der Waals surface area contributed by atoms with Gasteiger partial charge in [-0.05, 0) is 52.0 Å². The molecule has 2 unspecified atom stereocenters. The Labute approximate surface area is 183 Å². The van der Waals surface area contributed by atoms with Crippen molar-refractivity contribution in [2.45, 2.75) is 83.4 Å². The summed E-state index contributed by atoms with van der Waals surface area (Å²) in [7, 11) is 6.73. The van der Waals surface area contributed by atoms with Crippen LogP contribution in [0.2, 0.25) is 0 Å². The second-order valence-corrected chi connectivity index (χ2v) is 8.61. The van der Waals surface area contributed by atoms with E-state index in [0.717, 1.165) is 24.8 Å². The topological polar surface area (TPSA) is 69.9 Å². The van der Waals surface area contributed by atoms with Crippen LogP contribution in [0.25, 0.3) is 0 Å². The Kier molecular flexibility index (Phi) is 10.7. The van der Waals surface area contributed by atoms with Gasteiger partial charge < -0.3 is 23.7 Å². The van der Waals surface area contributed by atoms with E-state index in [2.05, 4.69) is 32.9 Å². The lowest BCUT2D eigenvalue weighted by atomic mass is 9.83. The van der Waals surface area contributed by atoms with E-state index in [-0.39, 0.29) is 5.92 Å². The lowest BCUT2D eigenvalue weighted by Gasteiger charge is -2.45. The SMILES string of the molecule is COC(CC=C(C)C)(OC)C(C)CCCC1(C)OC/C(=C/C#N)CCC1(OC)OC. The van der Waals surface area contributed by atoms with Gasteiger partial charge >= 0.3 is 0 Å². The Morgan fingerprint density at radius 1 is 1.23 bits per heavy atom. The molecule has 0 saturated carbocycles. The number of rotatable bonds is 11. The maximum absolute atomic E-state index is 9.02. The zero-order valence-electron chi connectivity index (χ0n) is 20.2. The minimum atomic E-state index is -0.858. The van der Waals surface area contributed by atoms with Gasteiger partial charge in [-0.3, -0.25) is 0 Å². The Bertz CT molecular complexity index is 624. The average molecular weight is 424 g/mol. The Hall–Kier alpha value is -1.23. The molecule has 1 saturated heterocycles. The highest BCUT2D eigenvalue weighted by atomic mass is 16.7. The molecule has 0 bridgehead atoms. The molecule has 0 radical (unpaired) electrons. The molecular weight excluding hydrogens is 382 g/mol. The highest BCUT2D eigenvalue weighted by Gasteiger charge is 2.51. The van der Waals surface area contributed by atoms with E-state index in [1.165, 1.54) is 5.57 Å². The van der Waals surface area contributed by atoms with Crippen molar-refractivity contribution >= 4 is 0 Å². The highest BCUT2D eigenvalue weighted by molar-refractivity contribution is 5.16. The van der Waals surface area contributed by atoms with Crippen LogP contribution in [0.3, 0.4) is 0 Å². The maximum Gasteiger partial charge on any atom is 0.197 e. The number of nitrogens with zero attached hydrogens (tertiary/aromatic N) is 1. The predicted octanol–water partition coefficient (Wildman–Crippen LogP) is 5.15. The van der Waals surface area contributed by atoms with Gasteiger partial charge in [0.1, 0.15) is 5.60 Å². The Balaban J connectivity index is 2.94. The second-order valence-electron chi connectivity index (χ2n) is 8.61. The molecular formula is C24H41NO5. The summed E-state index contributed by atoms with van der Waals surface area (Å²) in [6, 6.07) is 2.11. The van der Waals surface area contributed by atoms with Gasteiger partial charge in [-0.1, -0.05) is 18.6 Å². The molecule has 2 atom stereocenters. The third-order valence-electron chi connectivity index (χ3n) is 6.61. The fourth-order valence-electron chi connectivity index (χ4n) is 4.38. The molecule has 0 aromatic heterocycles. The van der Waals surface area contributed by atoms with E-state index < -0.39 is 17.2 Å². The van der Waals surface area contributed by atoms with Crippen molar-refractivity contribution in [3.63, 3.8) is 0 Å². The van der Waals surface area contributed by atoms with Crippen LogP contribution in [0, 0.1) is 17.2 Å². The van der Waals surface area contributed by atoms with Crippen LogP contribution in [0.1, 0.15) is 66.2 Å². The van der Waals surface area contributed by atoms with Crippen molar-refractivity contribution in [3.8, 4) is 6.07 Å². The molecule has 30 heavy (non-hydrogen) atoms. The summed E-state index contributed by atoms with van der Waals surface area (Å²) < 4.78 is 29.7. The minimum Gasteiger partial charge on any atom is -0.365 e. The van der Waals surface area contributed by atoms with Gasteiger partial charge in [0, 0.05) is 53.3 Å². The molecule has 6 nitrogen and oxygen atoms in total. The van der Waals surface area contributed by atoms with Gasteiger partial charge in [-0.25, -0.2) is 0 Å². The van der Waals surface area contributed by atoms with E-state index >= 15 is 0 Å². The van der Waals surface area contributed by atoms with Crippen LogP contribution in [0.15, 0.2) is 23.3 Å². The first-order chi connectivity index (χ1) is 14.2. The first-order valence-corrected chi connectivity index (χ1v) is 10.7. The monoisotopic (exact) mass is 423 g/mol. The summed E-state index contributed by atoms with van der Waals surface area (Å²) in [5.41, 5.74) is 1.57. The van der Waals surface area contributed by atoms with E-state index in [1.54, 1.807) is 34.5 Å². The smallest absolute Gasteiger partial charge is 0.197 e. The normalized spacial score (nSPS) is 24.2. The van der Waals surface area contributed by atoms with E-state index in [0.29, 0.717) is 25.9 Å². The molecule has 0 N–H and O–H groups in total. The van der Waals surface area contributed by atoms with Crippen molar-refractivity contribution < 1.29 is 23.7 Å². The molecule has 0 spiro atoms. The predicted molar refractivity (Wildman–Crippen MR) is 118 cm³/mol. The van der Waals surface area contributed by atoms with Crippen molar-refractivity contribution in [2.75, 3.05) is 35.0 Å². The summed E-state index contributed by atoms with van der Waals surface area (Å²) in [4.78, 5) is 0. The van der Waals surface area contributed by atoms with Crippen molar-refractivity contribution in [3.05, 3.63) is 23.3 Å². The molecule has 1 fully saturated rings. The quantitative estimate of drug-likeness (QED) is 0.260. The lowest BCUT2D eigenvalue weighted by molar-refractivity contribution is -0.307. The van der Waals surface area contributed by atoms with Gasteiger partial charge in [0.15, 0.2) is 11.6 Å². The van der Waals surface area contributed by atoms with Gasteiger partial charge in [-0.2, -0.15) is 5.26 Å². The van der Waals surface area contributed by atoms with Crippen LogP contribution in [0.4, 0.5) is 0 Å². The average Bonchev–Trinajstić information content (AvgIpc) is 2.86. The largest absolute Gasteiger partial charge is 0.365 e. The van der Waals surface area contributed by atoms with Gasteiger partial charge in [-0.15, -0.1) is 0 Å². The van der Waals surface area contributed by atoms with Gasteiger partial charge in [0.2, 0.25) is 0 Å². The molecule has 1 heterocycles. The summed E-state index contributed by atoms with van der Waals surface area (Å²) in [5.74, 6) is -1.32. The third-order valence-corrected chi connectivity index (χ3v) is 6.61. The van der Waals surface area contributed by atoms with Crippen LogP contribution >= 0.6 is 0 Å². The standard InChI is InChI=1S/C24H41NO5/c1-19(2)11-15-23(26-5,27-6)20(3)10-9-14-22(4)24(28-7,29-8)16-12-21(13-17-25)18-30-22/h11,13,20H,9-10,12,14-16,18H2,1-8H3/b21-13+. The molecule has 0 aromatic carbocycles. The number of nitriles is 1. The maximum atomic E-state index is 9.02. The van der Waals surface area contributed by atoms with Crippen molar-refractivity contribution in [2.24, 2.45) is 5.92 Å². The Morgan fingerprint density at radius 3 is 2.37 bits per heavy atom. The zero-order chi connectivity index (χ0) is 22.8. The zero-order valence-corrected chi connectivity index (χ0v) is 20.2. The van der Waals surface area contributed by atoms with Crippen LogP contribution in [-0.4, -0.2) is 52.2 Å². The van der Waals surface area contributed by atoms with E-state index in [1.807, 2.05) is 6.92 Å². The van der Waals surface area contributed by atoms with Crippen LogP contribution < -0.4 is 0 Å². The Morgan fingerprint density at radius 2 is 1.87 bits per heavy atom. The molecule has 6 heteroatoms. The fraction of sp³-hybridized carbons (Fsp3) is 0.792. The molecule has 0 aliphatic carbocycles. The number of hydrogen-bond acceptors (Lipinski definition) is 6. The summed E-state index contributed by atoms with van der Waals surface area (Å²) in [6.45, 7) is 8.78. The van der Waals surface area contributed by atoms with Crippen molar-refractivity contribution in [1.82, 2.24) is 0 Å². The second kappa shape index (κ2) is 12.0. The molecule has 0 aromatic rings. The van der Waals surface area contributed by atoms with Crippen LogP contribution in [0.5, 0.6) is 0 Å². The molecule has 1 rings (SSSR count). The first-order valence-electron chi connectivity index (χ1n) is 10.7. The molecule has 172 valence electrons. The molecule has 1 aliphatic heterocycles.